The Morgan fingerprint density at radius 1 is 1.26 bits per heavy atom. The Kier molecular flexibility index (Phi) is 5.20. The lowest BCUT2D eigenvalue weighted by molar-refractivity contribution is -0.143. The summed E-state index contributed by atoms with van der Waals surface area (Å²) in [6, 6.07) is 6.25. The minimum absolute atomic E-state index is 0.132. The second kappa shape index (κ2) is 7.13. The molecule has 1 heterocycles. The van der Waals surface area contributed by atoms with Crippen LogP contribution in [-0.4, -0.2) is 48.1 Å². The summed E-state index contributed by atoms with van der Waals surface area (Å²) in [5.74, 6) is -1.52. The van der Waals surface area contributed by atoms with Crippen molar-refractivity contribution in [1.29, 1.82) is 0 Å². The molecule has 3 amide bonds. The van der Waals surface area contributed by atoms with Gasteiger partial charge in [0.05, 0.1) is 5.92 Å². The number of hydrogen-bond donors (Lipinski definition) is 3. The van der Waals surface area contributed by atoms with Gasteiger partial charge < -0.3 is 20.6 Å². The van der Waals surface area contributed by atoms with E-state index in [2.05, 4.69) is 10.6 Å². The van der Waals surface area contributed by atoms with Gasteiger partial charge in [-0.3, -0.25) is 9.59 Å². The molecule has 1 aromatic rings. The average molecular weight is 319 g/mol. The first kappa shape index (κ1) is 16.8. The zero-order valence-electron chi connectivity index (χ0n) is 13.2. The fraction of sp³-hybridized carbons (Fsp3) is 0.438. The molecule has 0 spiro atoms. The maximum absolute atomic E-state index is 12.4. The van der Waals surface area contributed by atoms with E-state index in [0.29, 0.717) is 24.2 Å². The van der Waals surface area contributed by atoms with Crippen LogP contribution in [0, 0.1) is 11.8 Å². The highest BCUT2D eigenvalue weighted by Crippen LogP contribution is 2.22. The van der Waals surface area contributed by atoms with Gasteiger partial charge in [0.1, 0.15) is 0 Å². The van der Waals surface area contributed by atoms with Crippen LogP contribution in [0.3, 0.4) is 0 Å². The van der Waals surface area contributed by atoms with Gasteiger partial charge in [-0.2, -0.15) is 0 Å². The van der Waals surface area contributed by atoms with E-state index in [1.165, 1.54) is 11.9 Å². The molecule has 0 saturated carbocycles. The Morgan fingerprint density at radius 3 is 2.65 bits per heavy atom. The summed E-state index contributed by atoms with van der Waals surface area (Å²) in [6.07, 6.45) is 0.575. The van der Waals surface area contributed by atoms with Gasteiger partial charge in [-0.15, -0.1) is 0 Å². The van der Waals surface area contributed by atoms with E-state index >= 15 is 0 Å². The number of nitrogens with zero attached hydrogens (tertiary/aromatic N) is 1. The van der Waals surface area contributed by atoms with Crippen LogP contribution in [0.2, 0.25) is 0 Å². The quantitative estimate of drug-likeness (QED) is 0.788. The van der Waals surface area contributed by atoms with Gasteiger partial charge in [-0.25, -0.2) is 4.79 Å². The smallest absolute Gasteiger partial charge is 0.321 e. The van der Waals surface area contributed by atoms with Crippen LogP contribution < -0.4 is 10.6 Å². The van der Waals surface area contributed by atoms with Gasteiger partial charge in [0.25, 0.3) is 5.91 Å². The number of hydrogen-bond acceptors (Lipinski definition) is 3. The van der Waals surface area contributed by atoms with Crippen LogP contribution in [0.4, 0.5) is 10.5 Å². The van der Waals surface area contributed by atoms with Crippen LogP contribution in [0.5, 0.6) is 0 Å². The fourth-order valence-electron chi connectivity index (χ4n) is 2.78. The lowest BCUT2D eigenvalue weighted by Gasteiger charge is -2.34. The Labute approximate surface area is 134 Å². The molecule has 0 radical (unpaired) electrons. The predicted molar refractivity (Wildman–Crippen MR) is 85.3 cm³/mol. The Hall–Kier alpha value is -2.57. The van der Waals surface area contributed by atoms with Crippen molar-refractivity contribution in [3.63, 3.8) is 0 Å². The number of amides is 3. The molecular formula is C16H21N3O4. The number of carbonyl (C=O) groups excluding carboxylic acids is 2. The molecule has 2 atom stereocenters. The highest BCUT2D eigenvalue weighted by Gasteiger charge is 2.31. The number of nitrogens with one attached hydrogen (secondary N) is 2. The standard InChI is InChI=1S/C16H21N3O4/c1-10-6-12(15(21)22)9-19(8-10)16(23)18-13-5-3-4-11(7-13)14(20)17-2/h3-5,7,10,12H,6,8-9H2,1-2H3,(H,17,20)(H,18,23)(H,21,22). The first-order valence-corrected chi connectivity index (χ1v) is 7.51. The molecule has 23 heavy (non-hydrogen) atoms. The largest absolute Gasteiger partial charge is 0.481 e. The first-order chi connectivity index (χ1) is 10.9. The summed E-state index contributed by atoms with van der Waals surface area (Å²) < 4.78 is 0. The fourth-order valence-corrected chi connectivity index (χ4v) is 2.78. The molecule has 2 unspecified atom stereocenters. The van der Waals surface area contributed by atoms with Crippen molar-refractivity contribution in [3.8, 4) is 0 Å². The monoisotopic (exact) mass is 319 g/mol. The summed E-state index contributed by atoms with van der Waals surface area (Å²) in [5, 5.41) is 14.4. The number of urea groups is 1. The van der Waals surface area contributed by atoms with Crippen molar-refractivity contribution in [1.82, 2.24) is 10.2 Å². The molecule has 1 aliphatic heterocycles. The number of carboxylic acid groups (broad SMARTS) is 1. The van der Waals surface area contributed by atoms with Crippen LogP contribution in [-0.2, 0) is 4.79 Å². The molecule has 1 fully saturated rings. The van der Waals surface area contributed by atoms with Crippen LogP contribution in [0.1, 0.15) is 23.7 Å². The van der Waals surface area contributed by atoms with Crippen LogP contribution in [0.15, 0.2) is 24.3 Å². The minimum atomic E-state index is -0.879. The molecule has 124 valence electrons. The van der Waals surface area contributed by atoms with E-state index in [9.17, 15) is 14.4 Å². The Morgan fingerprint density at radius 2 is 2.00 bits per heavy atom. The zero-order chi connectivity index (χ0) is 17.0. The third-order valence-corrected chi connectivity index (χ3v) is 3.90. The highest BCUT2D eigenvalue weighted by atomic mass is 16.4. The van der Waals surface area contributed by atoms with E-state index in [0.717, 1.165) is 0 Å². The van der Waals surface area contributed by atoms with Gasteiger partial charge in [0, 0.05) is 31.4 Å². The summed E-state index contributed by atoms with van der Waals surface area (Å²) in [7, 11) is 1.54. The van der Waals surface area contributed by atoms with Crippen molar-refractivity contribution in [2.24, 2.45) is 11.8 Å². The second-order valence-corrected chi connectivity index (χ2v) is 5.87. The number of carboxylic acids is 1. The second-order valence-electron chi connectivity index (χ2n) is 5.87. The number of rotatable bonds is 3. The van der Waals surface area contributed by atoms with Crippen molar-refractivity contribution >= 4 is 23.6 Å². The van der Waals surface area contributed by atoms with E-state index < -0.39 is 11.9 Å². The molecule has 7 nitrogen and oxygen atoms in total. The normalized spacial score (nSPS) is 20.7. The maximum atomic E-state index is 12.4. The maximum Gasteiger partial charge on any atom is 0.321 e. The minimum Gasteiger partial charge on any atom is -0.481 e. The van der Waals surface area contributed by atoms with Gasteiger partial charge in [0.15, 0.2) is 0 Å². The van der Waals surface area contributed by atoms with Gasteiger partial charge in [0.2, 0.25) is 0 Å². The van der Waals surface area contributed by atoms with Crippen LogP contribution >= 0.6 is 0 Å². The Balaban J connectivity index is 2.06. The molecule has 0 aromatic heterocycles. The topological polar surface area (TPSA) is 98.7 Å². The molecule has 1 saturated heterocycles. The summed E-state index contributed by atoms with van der Waals surface area (Å²) in [4.78, 5) is 36.7. The number of anilines is 1. The first-order valence-electron chi connectivity index (χ1n) is 7.51. The summed E-state index contributed by atoms with van der Waals surface area (Å²) >= 11 is 0. The average Bonchev–Trinajstić information content (AvgIpc) is 2.53. The number of aliphatic carboxylic acids is 1. The lowest BCUT2D eigenvalue weighted by Crippen LogP contribution is -2.47. The van der Waals surface area contributed by atoms with Crippen molar-refractivity contribution in [3.05, 3.63) is 29.8 Å². The molecule has 2 rings (SSSR count). The van der Waals surface area contributed by atoms with Gasteiger partial charge in [-0.05, 0) is 30.5 Å². The molecule has 7 heteroatoms. The summed E-state index contributed by atoms with van der Waals surface area (Å²) in [6.45, 7) is 2.65. The SMILES string of the molecule is CNC(=O)c1cccc(NC(=O)N2CC(C)CC(C(=O)O)C2)c1. The number of likely N-dealkylation sites (tertiary alicyclic amines) is 1. The van der Waals surface area contributed by atoms with E-state index in [4.69, 9.17) is 5.11 Å². The predicted octanol–water partition coefficient (Wildman–Crippen LogP) is 1.62. The van der Waals surface area contributed by atoms with Crippen molar-refractivity contribution in [2.45, 2.75) is 13.3 Å². The van der Waals surface area contributed by atoms with Crippen molar-refractivity contribution < 1.29 is 19.5 Å². The molecular weight excluding hydrogens is 298 g/mol. The zero-order valence-corrected chi connectivity index (χ0v) is 13.2. The van der Waals surface area contributed by atoms with Crippen molar-refractivity contribution in [2.75, 3.05) is 25.5 Å². The summed E-state index contributed by atoms with van der Waals surface area (Å²) in [5.41, 5.74) is 0.946. The molecule has 3 N–H and O–H groups in total. The number of carbonyl (C=O) groups is 3. The van der Waals surface area contributed by atoms with E-state index in [-0.39, 0.29) is 24.4 Å². The van der Waals surface area contributed by atoms with E-state index in [1.807, 2.05) is 6.92 Å². The van der Waals surface area contributed by atoms with Gasteiger partial charge >= 0.3 is 12.0 Å². The Bertz CT molecular complexity index is 617. The van der Waals surface area contributed by atoms with Gasteiger partial charge in [-0.1, -0.05) is 13.0 Å². The molecule has 1 aliphatic rings. The number of piperidine rings is 1. The third kappa shape index (κ3) is 4.21. The molecule has 1 aromatic carbocycles. The van der Waals surface area contributed by atoms with E-state index in [1.54, 1.807) is 24.3 Å². The van der Waals surface area contributed by atoms with Crippen LogP contribution in [0.25, 0.3) is 0 Å². The molecule has 0 aliphatic carbocycles. The third-order valence-electron chi connectivity index (χ3n) is 3.90. The molecule has 0 bridgehead atoms. The lowest BCUT2D eigenvalue weighted by atomic mass is 9.91. The highest BCUT2D eigenvalue weighted by molar-refractivity contribution is 5.96. The number of benzene rings is 1.